The van der Waals surface area contributed by atoms with E-state index in [4.69, 9.17) is 0 Å². The van der Waals surface area contributed by atoms with Crippen LogP contribution in [0.15, 0.2) is 36.5 Å². The average molecular weight is 174 g/mol. The Labute approximate surface area is 73.3 Å². The lowest BCUT2D eigenvalue weighted by Crippen LogP contribution is -1.89. The van der Waals surface area contributed by atoms with Crippen molar-refractivity contribution in [2.24, 2.45) is 0 Å². The molecule has 0 aliphatic carbocycles. The highest BCUT2D eigenvalue weighted by Crippen LogP contribution is 2.06. The summed E-state index contributed by atoms with van der Waals surface area (Å²) in [6, 6.07) is 0. The van der Waals surface area contributed by atoms with Gasteiger partial charge in [-0.05, 0) is 12.5 Å². The summed E-state index contributed by atoms with van der Waals surface area (Å²) in [5.41, 5.74) is 0.0677. The molecule has 0 nitrogen and oxygen atoms in total. The molecular weight excluding hydrogens is 158 g/mol. The Morgan fingerprint density at radius 3 is 2.08 bits per heavy atom. The second-order valence-corrected chi connectivity index (χ2v) is 1.83. The fourth-order valence-corrected chi connectivity index (χ4v) is 0.359. The Balaban J connectivity index is 0. The molecule has 0 aromatic heterocycles. The van der Waals surface area contributed by atoms with Crippen LogP contribution >= 0.6 is 0 Å². The van der Waals surface area contributed by atoms with E-state index in [1.165, 1.54) is 25.2 Å². The van der Waals surface area contributed by atoms with Crippen LogP contribution in [0.5, 0.6) is 0 Å². The topological polar surface area (TPSA) is 0 Å². The number of alkyl halides is 2. The van der Waals surface area contributed by atoms with E-state index in [1.807, 2.05) is 13.8 Å². The zero-order chi connectivity index (χ0) is 9.98. The molecule has 0 spiro atoms. The van der Waals surface area contributed by atoms with E-state index in [0.717, 1.165) is 0 Å². The van der Waals surface area contributed by atoms with E-state index in [0.29, 0.717) is 0 Å². The molecule has 0 aromatic rings. The standard InChI is InChI=1S/C8H10F2.C2H6/c1-3-4-5-6-7(2)8(9)10;1-2/h3-6,8H,1H2,2H3;1-2H3/b5-4-,7-6+;. The summed E-state index contributed by atoms with van der Waals surface area (Å²) < 4.78 is 23.5. The minimum Gasteiger partial charge on any atom is -0.205 e. The van der Waals surface area contributed by atoms with E-state index >= 15 is 0 Å². The van der Waals surface area contributed by atoms with Gasteiger partial charge in [-0.25, -0.2) is 8.78 Å². The van der Waals surface area contributed by atoms with Gasteiger partial charge in [0.2, 0.25) is 0 Å². The van der Waals surface area contributed by atoms with Gasteiger partial charge in [0.1, 0.15) is 0 Å². The number of hydrogen-bond acceptors (Lipinski definition) is 0. The molecular formula is C10H16F2. The van der Waals surface area contributed by atoms with Gasteiger partial charge in [-0.15, -0.1) is 0 Å². The minimum absolute atomic E-state index is 0.0677. The maximum atomic E-state index is 11.7. The van der Waals surface area contributed by atoms with E-state index in [9.17, 15) is 8.78 Å². The molecule has 0 aliphatic heterocycles. The van der Waals surface area contributed by atoms with Gasteiger partial charge >= 0.3 is 0 Å². The van der Waals surface area contributed by atoms with Crippen molar-refractivity contribution < 1.29 is 8.78 Å². The fraction of sp³-hybridized carbons (Fsp3) is 0.400. The molecule has 12 heavy (non-hydrogen) atoms. The Morgan fingerprint density at radius 1 is 1.25 bits per heavy atom. The summed E-state index contributed by atoms with van der Waals surface area (Å²) >= 11 is 0. The molecule has 0 rings (SSSR count). The van der Waals surface area contributed by atoms with Gasteiger partial charge < -0.3 is 0 Å². The third-order valence-electron chi connectivity index (χ3n) is 0.951. The summed E-state index contributed by atoms with van der Waals surface area (Å²) in [6.07, 6.45) is 3.69. The molecule has 0 amide bonds. The molecule has 0 saturated heterocycles. The van der Waals surface area contributed by atoms with Crippen LogP contribution in [0, 0.1) is 0 Å². The van der Waals surface area contributed by atoms with Crippen molar-refractivity contribution in [1.82, 2.24) is 0 Å². The highest BCUT2D eigenvalue weighted by Gasteiger charge is 2.01. The molecule has 0 heterocycles. The van der Waals surface area contributed by atoms with E-state index in [-0.39, 0.29) is 5.57 Å². The molecule has 2 heteroatoms. The van der Waals surface area contributed by atoms with E-state index in [1.54, 1.807) is 6.08 Å². The average Bonchev–Trinajstić information content (AvgIpc) is 2.08. The van der Waals surface area contributed by atoms with Crippen LogP contribution in [0.25, 0.3) is 0 Å². The first kappa shape index (κ1) is 13.7. The van der Waals surface area contributed by atoms with Crippen molar-refractivity contribution in [3.63, 3.8) is 0 Å². The SMILES string of the molecule is C=C/C=C\C=C(/C)C(F)F.CC. The quantitative estimate of drug-likeness (QED) is 0.568. The predicted molar refractivity (Wildman–Crippen MR) is 50.4 cm³/mol. The highest BCUT2D eigenvalue weighted by atomic mass is 19.3. The van der Waals surface area contributed by atoms with Crippen LogP contribution in [0.1, 0.15) is 20.8 Å². The first-order chi connectivity index (χ1) is 5.68. The number of hydrogen-bond donors (Lipinski definition) is 0. The lowest BCUT2D eigenvalue weighted by molar-refractivity contribution is 0.190. The molecule has 0 unspecified atom stereocenters. The van der Waals surface area contributed by atoms with Gasteiger partial charge in [0.15, 0.2) is 0 Å². The normalized spacial score (nSPS) is 11.3. The fourth-order valence-electron chi connectivity index (χ4n) is 0.359. The molecule has 0 aliphatic rings. The molecule has 0 fully saturated rings. The van der Waals surface area contributed by atoms with Crippen molar-refractivity contribution in [3.05, 3.63) is 36.5 Å². The third-order valence-corrected chi connectivity index (χ3v) is 0.951. The first-order valence-electron chi connectivity index (χ1n) is 3.92. The van der Waals surface area contributed by atoms with E-state index < -0.39 is 6.43 Å². The summed E-state index contributed by atoms with van der Waals surface area (Å²) in [4.78, 5) is 0. The van der Waals surface area contributed by atoms with Crippen LogP contribution in [-0.2, 0) is 0 Å². The summed E-state index contributed by atoms with van der Waals surface area (Å²) in [6.45, 7) is 8.79. The minimum atomic E-state index is -2.35. The number of halogens is 2. The summed E-state index contributed by atoms with van der Waals surface area (Å²) in [7, 11) is 0. The van der Waals surface area contributed by atoms with Gasteiger partial charge in [0.05, 0.1) is 0 Å². The van der Waals surface area contributed by atoms with E-state index in [2.05, 4.69) is 6.58 Å². The van der Waals surface area contributed by atoms with Crippen molar-refractivity contribution in [2.45, 2.75) is 27.2 Å². The molecule has 0 atom stereocenters. The Hall–Kier alpha value is -0.920. The van der Waals surface area contributed by atoms with Gasteiger partial charge in [0.25, 0.3) is 6.43 Å². The Bertz CT molecular complexity index is 155. The molecule has 0 radical (unpaired) electrons. The monoisotopic (exact) mass is 174 g/mol. The van der Waals surface area contributed by atoms with Crippen molar-refractivity contribution in [2.75, 3.05) is 0 Å². The van der Waals surface area contributed by atoms with Gasteiger partial charge in [-0.1, -0.05) is 44.7 Å². The van der Waals surface area contributed by atoms with Crippen LogP contribution in [0.4, 0.5) is 8.78 Å². The van der Waals surface area contributed by atoms with Gasteiger partial charge in [0, 0.05) is 0 Å². The molecule has 0 N–H and O–H groups in total. The summed E-state index contributed by atoms with van der Waals surface area (Å²) in [5.74, 6) is 0. The van der Waals surface area contributed by atoms with Crippen LogP contribution in [-0.4, -0.2) is 6.43 Å². The zero-order valence-corrected chi connectivity index (χ0v) is 7.85. The predicted octanol–water partition coefficient (Wildman–Crippen LogP) is 3.97. The lowest BCUT2D eigenvalue weighted by Gasteiger charge is -1.93. The summed E-state index contributed by atoms with van der Waals surface area (Å²) in [5, 5.41) is 0. The maximum absolute atomic E-state index is 11.7. The second-order valence-electron chi connectivity index (χ2n) is 1.83. The molecule has 0 bridgehead atoms. The molecule has 0 aromatic carbocycles. The van der Waals surface area contributed by atoms with Crippen molar-refractivity contribution in [3.8, 4) is 0 Å². The van der Waals surface area contributed by atoms with Crippen LogP contribution in [0.3, 0.4) is 0 Å². The Kier molecular flexibility index (Phi) is 11.5. The van der Waals surface area contributed by atoms with Crippen molar-refractivity contribution in [1.29, 1.82) is 0 Å². The lowest BCUT2D eigenvalue weighted by atomic mass is 10.3. The first-order valence-corrected chi connectivity index (χ1v) is 3.92. The second kappa shape index (κ2) is 10.1. The largest absolute Gasteiger partial charge is 0.259 e. The Morgan fingerprint density at radius 2 is 1.75 bits per heavy atom. The zero-order valence-electron chi connectivity index (χ0n) is 7.85. The highest BCUT2D eigenvalue weighted by molar-refractivity contribution is 5.15. The van der Waals surface area contributed by atoms with Crippen molar-refractivity contribution >= 4 is 0 Å². The van der Waals surface area contributed by atoms with Crippen LogP contribution in [0.2, 0.25) is 0 Å². The van der Waals surface area contributed by atoms with Crippen LogP contribution < -0.4 is 0 Å². The maximum Gasteiger partial charge on any atom is 0.259 e. The van der Waals surface area contributed by atoms with Gasteiger partial charge in [-0.2, -0.15) is 0 Å². The smallest absolute Gasteiger partial charge is 0.205 e. The molecule has 70 valence electrons. The third kappa shape index (κ3) is 9.08. The van der Waals surface area contributed by atoms with Gasteiger partial charge in [-0.3, -0.25) is 0 Å². The molecule has 0 saturated carbocycles. The number of allylic oxidation sites excluding steroid dienone is 5. The number of rotatable bonds is 3.